The van der Waals surface area contributed by atoms with Gasteiger partial charge in [-0.05, 0) is 46.3 Å². The largest absolute Gasteiger partial charge is 0.421 e. The second-order valence-electron chi connectivity index (χ2n) is 4.69. The first-order valence-electron chi connectivity index (χ1n) is 6.44. The molecule has 0 radical (unpaired) electrons. The van der Waals surface area contributed by atoms with Crippen LogP contribution in [0.15, 0.2) is 56.1 Å². The van der Waals surface area contributed by atoms with Crippen LogP contribution in [0.2, 0.25) is 10.0 Å². The van der Waals surface area contributed by atoms with Crippen LogP contribution in [-0.2, 0) is 0 Å². The summed E-state index contributed by atoms with van der Waals surface area (Å²) in [6, 6.07) is 11.5. The average molecular weight is 413 g/mol. The predicted octanol–water partition coefficient (Wildman–Crippen LogP) is 5.11. The molecule has 0 spiro atoms. The van der Waals surface area contributed by atoms with Gasteiger partial charge in [0.25, 0.3) is 5.91 Å². The van der Waals surface area contributed by atoms with E-state index < -0.39 is 11.5 Å². The molecule has 3 rings (SSSR count). The van der Waals surface area contributed by atoms with E-state index in [1.54, 1.807) is 24.3 Å². The predicted molar refractivity (Wildman–Crippen MR) is 94.6 cm³/mol. The fourth-order valence-electron chi connectivity index (χ4n) is 2.07. The van der Waals surface area contributed by atoms with E-state index in [4.69, 9.17) is 27.6 Å². The van der Waals surface area contributed by atoms with Gasteiger partial charge in [0.2, 0.25) is 0 Å². The summed E-state index contributed by atoms with van der Waals surface area (Å²) in [4.78, 5) is 24.4. The van der Waals surface area contributed by atoms with Gasteiger partial charge in [-0.25, -0.2) is 4.79 Å². The van der Waals surface area contributed by atoms with Crippen LogP contribution in [0.4, 0.5) is 5.69 Å². The standard InChI is InChI=1S/C16H8BrCl2NO3/c17-11-3-1-2-4-13(11)20-15(21)10-6-8-5-9(18)7-12(19)14(8)23-16(10)22/h1-7H,(H,20,21). The van der Waals surface area contributed by atoms with Gasteiger partial charge in [-0.3, -0.25) is 4.79 Å². The molecule has 0 saturated heterocycles. The number of rotatable bonds is 2. The number of nitrogens with one attached hydrogen (secondary N) is 1. The third-order valence-electron chi connectivity index (χ3n) is 3.12. The van der Waals surface area contributed by atoms with Gasteiger partial charge in [0, 0.05) is 14.9 Å². The molecule has 4 nitrogen and oxygen atoms in total. The Kier molecular flexibility index (Phi) is 4.43. The number of anilines is 1. The molecule has 0 aliphatic rings. The molecule has 0 atom stereocenters. The zero-order chi connectivity index (χ0) is 16.6. The van der Waals surface area contributed by atoms with Crippen molar-refractivity contribution in [2.45, 2.75) is 0 Å². The van der Waals surface area contributed by atoms with Crippen molar-refractivity contribution in [2.75, 3.05) is 5.32 Å². The molecule has 23 heavy (non-hydrogen) atoms. The van der Waals surface area contributed by atoms with Crippen molar-refractivity contribution in [3.05, 3.63) is 73.0 Å². The summed E-state index contributed by atoms with van der Waals surface area (Å²) in [5.74, 6) is -0.580. The van der Waals surface area contributed by atoms with E-state index in [-0.39, 0.29) is 16.2 Å². The van der Waals surface area contributed by atoms with Gasteiger partial charge in [0.05, 0.1) is 10.7 Å². The highest BCUT2D eigenvalue weighted by Gasteiger charge is 2.16. The molecule has 2 aromatic carbocycles. The molecule has 0 unspecified atom stereocenters. The van der Waals surface area contributed by atoms with E-state index in [2.05, 4.69) is 21.2 Å². The number of fused-ring (bicyclic) bond motifs is 1. The fourth-order valence-corrected chi connectivity index (χ4v) is 3.00. The number of halogens is 3. The van der Waals surface area contributed by atoms with Crippen molar-refractivity contribution in [3.63, 3.8) is 0 Å². The molecule has 1 amide bonds. The number of para-hydroxylation sites is 1. The molecule has 3 aromatic rings. The highest BCUT2D eigenvalue weighted by molar-refractivity contribution is 9.10. The van der Waals surface area contributed by atoms with Gasteiger partial charge in [0.1, 0.15) is 5.56 Å². The van der Waals surface area contributed by atoms with E-state index in [1.807, 2.05) is 6.07 Å². The monoisotopic (exact) mass is 411 g/mol. The van der Waals surface area contributed by atoms with Crippen molar-refractivity contribution in [3.8, 4) is 0 Å². The van der Waals surface area contributed by atoms with Crippen LogP contribution in [0.1, 0.15) is 10.4 Å². The van der Waals surface area contributed by atoms with Crippen LogP contribution in [0.25, 0.3) is 11.0 Å². The van der Waals surface area contributed by atoms with Crippen LogP contribution in [0.3, 0.4) is 0 Å². The Balaban J connectivity index is 2.06. The van der Waals surface area contributed by atoms with Gasteiger partial charge in [-0.15, -0.1) is 0 Å². The molecule has 1 aromatic heterocycles. The first-order valence-corrected chi connectivity index (χ1v) is 7.99. The first-order chi connectivity index (χ1) is 11.0. The summed E-state index contributed by atoms with van der Waals surface area (Å²) in [5, 5.41) is 3.71. The van der Waals surface area contributed by atoms with E-state index in [9.17, 15) is 9.59 Å². The maximum Gasteiger partial charge on any atom is 0.349 e. The topological polar surface area (TPSA) is 59.3 Å². The summed E-state index contributed by atoms with van der Waals surface area (Å²) in [6.07, 6.45) is 0. The van der Waals surface area contributed by atoms with E-state index in [0.29, 0.717) is 20.6 Å². The number of amides is 1. The number of benzene rings is 2. The van der Waals surface area contributed by atoms with Crippen LogP contribution >= 0.6 is 39.1 Å². The Morgan fingerprint density at radius 3 is 2.61 bits per heavy atom. The minimum atomic E-state index is -0.772. The molecule has 1 N–H and O–H groups in total. The average Bonchev–Trinajstić information content (AvgIpc) is 2.49. The van der Waals surface area contributed by atoms with Crippen molar-refractivity contribution < 1.29 is 9.21 Å². The molecule has 7 heteroatoms. The molecule has 1 heterocycles. The number of hydrogen-bond acceptors (Lipinski definition) is 3. The second-order valence-corrected chi connectivity index (χ2v) is 6.39. The Bertz CT molecular complexity index is 985. The fraction of sp³-hybridized carbons (Fsp3) is 0. The normalized spacial score (nSPS) is 10.7. The summed E-state index contributed by atoms with van der Waals surface area (Å²) in [7, 11) is 0. The SMILES string of the molecule is O=C(Nc1ccccc1Br)c1cc2cc(Cl)cc(Cl)c2oc1=O. The molecular formula is C16H8BrCl2NO3. The third-order valence-corrected chi connectivity index (χ3v) is 4.31. The quantitative estimate of drug-likeness (QED) is 0.594. The van der Waals surface area contributed by atoms with Gasteiger partial charge in [-0.2, -0.15) is 0 Å². The maximum atomic E-state index is 12.3. The maximum absolute atomic E-state index is 12.3. The van der Waals surface area contributed by atoms with E-state index in [0.717, 1.165) is 0 Å². The number of carbonyl (C=O) groups excluding carboxylic acids is 1. The van der Waals surface area contributed by atoms with Crippen LogP contribution in [0.5, 0.6) is 0 Å². The zero-order valence-corrected chi connectivity index (χ0v) is 14.5. The van der Waals surface area contributed by atoms with E-state index in [1.165, 1.54) is 12.1 Å². The molecule has 0 saturated carbocycles. The summed E-state index contributed by atoms with van der Waals surface area (Å²) in [6.45, 7) is 0. The molecule has 0 fully saturated rings. The summed E-state index contributed by atoms with van der Waals surface area (Å²) < 4.78 is 5.85. The summed E-state index contributed by atoms with van der Waals surface area (Å²) in [5.41, 5.74) is -0.169. The number of hydrogen-bond donors (Lipinski definition) is 1. The van der Waals surface area contributed by atoms with Gasteiger partial charge in [-0.1, -0.05) is 35.3 Å². The molecular weight excluding hydrogens is 405 g/mol. The van der Waals surface area contributed by atoms with Gasteiger partial charge < -0.3 is 9.73 Å². The van der Waals surface area contributed by atoms with Crippen molar-refractivity contribution >= 4 is 61.7 Å². The lowest BCUT2D eigenvalue weighted by Crippen LogP contribution is -2.20. The molecule has 116 valence electrons. The smallest absolute Gasteiger partial charge is 0.349 e. The first kappa shape index (κ1) is 16.1. The van der Waals surface area contributed by atoms with Gasteiger partial charge in [0.15, 0.2) is 5.58 Å². The van der Waals surface area contributed by atoms with Crippen LogP contribution in [-0.4, -0.2) is 5.91 Å². The highest BCUT2D eigenvalue weighted by Crippen LogP contribution is 2.28. The molecule has 0 bridgehead atoms. The second kappa shape index (κ2) is 6.35. The van der Waals surface area contributed by atoms with Gasteiger partial charge >= 0.3 is 5.63 Å². The van der Waals surface area contributed by atoms with Crippen molar-refractivity contribution in [2.24, 2.45) is 0 Å². The van der Waals surface area contributed by atoms with Crippen molar-refractivity contribution in [1.82, 2.24) is 0 Å². The zero-order valence-electron chi connectivity index (χ0n) is 11.4. The van der Waals surface area contributed by atoms with E-state index >= 15 is 0 Å². The lowest BCUT2D eigenvalue weighted by molar-refractivity contribution is 0.102. The number of carbonyl (C=O) groups is 1. The Morgan fingerprint density at radius 2 is 1.87 bits per heavy atom. The van der Waals surface area contributed by atoms with Crippen LogP contribution < -0.4 is 10.9 Å². The molecule has 0 aliphatic heterocycles. The van der Waals surface area contributed by atoms with Crippen LogP contribution in [0, 0.1) is 0 Å². The Morgan fingerprint density at radius 1 is 1.13 bits per heavy atom. The lowest BCUT2D eigenvalue weighted by Gasteiger charge is -2.07. The molecule has 0 aliphatic carbocycles. The van der Waals surface area contributed by atoms with Crippen molar-refractivity contribution in [1.29, 1.82) is 0 Å². The Hall–Kier alpha value is -1.82. The minimum Gasteiger partial charge on any atom is -0.421 e. The summed E-state index contributed by atoms with van der Waals surface area (Å²) >= 11 is 15.3. The third kappa shape index (κ3) is 3.27. The minimum absolute atomic E-state index is 0.133. The lowest BCUT2D eigenvalue weighted by atomic mass is 10.1. The Labute approximate surface area is 149 Å². The highest BCUT2D eigenvalue weighted by atomic mass is 79.9.